The Morgan fingerprint density at radius 2 is 1.97 bits per heavy atom. The van der Waals surface area contributed by atoms with E-state index in [0.717, 1.165) is 17.6 Å². The van der Waals surface area contributed by atoms with Gasteiger partial charge in [0, 0.05) is 24.7 Å². The van der Waals surface area contributed by atoms with E-state index in [0.29, 0.717) is 24.3 Å². The Balaban J connectivity index is 1.65. The van der Waals surface area contributed by atoms with Gasteiger partial charge in [0.1, 0.15) is 30.5 Å². The predicted octanol–water partition coefficient (Wildman–Crippen LogP) is 1.94. The normalized spacial score (nSPS) is 18.8. The van der Waals surface area contributed by atoms with Gasteiger partial charge in [0.15, 0.2) is 9.84 Å². The fraction of sp³-hybridized carbons (Fsp3) is 0.409. The van der Waals surface area contributed by atoms with E-state index in [1.165, 1.54) is 0 Å². The van der Waals surface area contributed by atoms with Gasteiger partial charge < -0.3 is 14.6 Å². The van der Waals surface area contributed by atoms with Crippen LogP contribution in [0.1, 0.15) is 22.3 Å². The second-order valence-corrected chi connectivity index (χ2v) is 9.72. The summed E-state index contributed by atoms with van der Waals surface area (Å²) in [7, 11) is -1.45. The maximum atomic E-state index is 12.0. The van der Waals surface area contributed by atoms with Gasteiger partial charge in [0.25, 0.3) is 0 Å². The Bertz CT molecular complexity index is 944. The number of carbonyl (C=O) groups excluding carboxylic acids is 1. The molecule has 2 unspecified atom stereocenters. The van der Waals surface area contributed by atoms with Crippen LogP contribution in [0, 0.1) is 0 Å². The molecule has 0 amide bonds. The van der Waals surface area contributed by atoms with Crippen molar-refractivity contribution in [2.45, 2.75) is 25.1 Å². The van der Waals surface area contributed by atoms with Gasteiger partial charge in [-0.25, -0.2) is 8.42 Å². The lowest BCUT2D eigenvalue weighted by atomic mass is 10.1. The third-order valence-corrected chi connectivity index (χ3v) is 6.90. The Labute approximate surface area is 177 Å². The fourth-order valence-corrected chi connectivity index (χ4v) is 5.33. The van der Waals surface area contributed by atoms with Gasteiger partial charge in [-0.3, -0.25) is 9.69 Å². The zero-order valence-corrected chi connectivity index (χ0v) is 17.8. The standard InChI is InChI=1S/C22H27NO6S/c1-28-21-7-5-17(6-8-21)12-23(19-9-10-30(26,27)16-19)13-20(25)15-29-22-4-2-3-18(11-22)14-24/h2-8,11,14,19-20,25H,9-10,12-13,15-16H2,1H3. The van der Waals surface area contributed by atoms with E-state index in [1.54, 1.807) is 31.4 Å². The molecule has 0 radical (unpaired) electrons. The van der Waals surface area contributed by atoms with Gasteiger partial charge >= 0.3 is 0 Å². The van der Waals surface area contributed by atoms with Crippen LogP contribution in [0.2, 0.25) is 0 Å². The lowest BCUT2D eigenvalue weighted by Crippen LogP contribution is -2.42. The van der Waals surface area contributed by atoms with Crippen LogP contribution in [0.25, 0.3) is 0 Å². The number of nitrogens with zero attached hydrogens (tertiary/aromatic N) is 1. The highest BCUT2D eigenvalue weighted by Crippen LogP contribution is 2.22. The van der Waals surface area contributed by atoms with Crippen molar-refractivity contribution in [1.82, 2.24) is 4.90 Å². The summed E-state index contributed by atoms with van der Waals surface area (Å²) >= 11 is 0. The Morgan fingerprint density at radius 1 is 1.20 bits per heavy atom. The molecule has 1 saturated heterocycles. The Morgan fingerprint density at radius 3 is 2.60 bits per heavy atom. The first-order valence-corrected chi connectivity index (χ1v) is 11.6. The summed E-state index contributed by atoms with van der Waals surface area (Å²) in [6.45, 7) is 0.836. The van der Waals surface area contributed by atoms with E-state index in [2.05, 4.69) is 0 Å². The third-order valence-electron chi connectivity index (χ3n) is 5.15. The summed E-state index contributed by atoms with van der Waals surface area (Å²) in [6, 6.07) is 14.2. The van der Waals surface area contributed by atoms with E-state index in [4.69, 9.17) is 9.47 Å². The van der Waals surface area contributed by atoms with Crippen molar-refractivity contribution in [3.63, 3.8) is 0 Å². The second kappa shape index (κ2) is 10.1. The number of rotatable bonds is 10. The summed E-state index contributed by atoms with van der Waals surface area (Å²) in [4.78, 5) is 12.9. The molecule has 3 rings (SSSR count). The van der Waals surface area contributed by atoms with Gasteiger partial charge in [-0.1, -0.05) is 24.3 Å². The molecule has 8 heteroatoms. The van der Waals surface area contributed by atoms with Crippen LogP contribution in [0.15, 0.2) is 48.5 Å². The summed E-state index contributed by atoms with van der Waals surface area (Å²) in [5.74, 6) is 1.52. The van der Waals surface area contributed by atoms with Crippen LogP contribution in [-0.2, 0) is 16.4 Å². The quantitative estimate of drug-likeness (QED) is 0.572. The van der Waals surface area contributed by atoms with Crippen molar-refractivity contribution in [2.24, 2.45) is 0 Å². The Kier molecular flexibility index (Phi) is 7.47. The largest absolute Gasteiger partial charge is 0.497 e. The van der Waals surface area contributed by atoms with E-state index >= 15 is 0 Å². The lowest BCUT2D eigenvalue weighted by molar-refractivity contribution is 0.0524. The Hall–Kier alpha value is -2.42. The monoisotopic (exact) mass is 433 g/mol. The molecule has 1 aliphatic rings. The maximum absolute atomic E-state index is 12.0. The van der Waals surface area contributed by atoms with E-state index in [-0.39, 0.29) is 30.7 Å². The zero-order valence-electron chi connectivity index (χ0n) is 16.9. The van der Waals surface area contributed by atoms with Crippen molar-refractivity contribution in [1.29, 1.82) is 0 Å². The molecule has 2 aromatic rings. The minimum absolute atomic E-state index is 0.0426. The first-order chi connectivity index (χ1) is 14.4. The number of aldehydes is 1. The number of aliphatic hydroxyl groups is 1. The molecule has 30 heavy (non-hydrogen) atoms. The van der Waals surface area contributed by atoms with E-state index < -0.39 is 15.9 Å². The number of carbonyl (C=O) groups is 1. The molecule has 0 spiro atoms. The molecule has 2 aromatic carbocycles. The van der Waals surface area contributed by atoms with E-state index in [1.807, 2.05) is 29.2 Å². The zero-order chi connectivity index (χ0) is 21.6. The summed E-state index contributed by atoms with van der Waals surface area (Å²) < 4.78 is 34.8. The summed E-state index contributed by atoms with van der Waals surface area (Å²) in [6.07, 6.45) is 0.472. The molecule has 0 bridgehead atoms. The van der Waals surface area contributed by atoms with Crippen LogP contribution in [-0.4, -0.2) is 68.6 Å². The molecular weight excluding hydrogens is 406 g/mol. The highest BCUT2D eigenvalue weighted by molar-refractivity contribution is 7.91. The minimum Gasteiger partial charge on any atom is -0.497 e. The topological polar surface area (TPSA) is 93.1 Å². The van der Waals surface area contributed by atoms with Crippen molar-refractivity contribution in [3.05, 3.63) is 59.7 Å². The van der Waals surface area contributed by atoms with Crippen LogP contribution in [0.3, 0.4) is 0 Å². The summed E-state index contributed by atoms with van der Waals surface area (Å²) in [5.41, 5.74) is 1.51. The summed E-state index contributed by atoms with van der Waals surface area (Å²) in [5, 5.41) is 10.6. The fourth-order valence-electron chi connectivity index (χ4n) is 3.57. The SMILES string of the molecule is COc1ccc(CN(CC(O)COc2cccc(C=O)c2)C2CCS(=O)(=O)C2)cc1. The highest BCUT2D eigenvalue weighted by Gasteiger charge is 2.33. The number of aliphatic hydroxyl groups excluding tert-OH is 1. The molecule has 1 aliphatic heterocycles. The number of sulfone groups is 1. The number of hydrogen-bond acceptors (Lipinski definition) is 7. The molecule has 0 aliphatic carbocycles. The predicted molar refractivity (Wildman–Crippen MR) is 114 cm³/mol. The number of ether oxygens (including phenoxy) is 2. The minimum atomic E-state index is -3.05. The van der Waals surface area contributed by atoms with Gasteiger partial charge in [-0.05, 0) is 36.2 Å². The van der Waals surface area contributed by atoms with Crippen LogP contribution in [0.5, 0.6) is 11.5 Å². The molecule has 2 atom stereocenters. The van der Waals surface area contributed by atoms with Crippen molar-refractivity contribution >= 4 is 16.1 Å². The van der Waals surface area contributed by atoms with Gasteiger partial charge in [0.05, 0.1) is 18.6 Å². The average molecular weight is 434 g/mol. The van der Waals surface area contributed by atoms with Crippen LogP contribution in [0.4, 0.5) is 0 Å². The maximum Gasteiger partial charge on any atom is 0.151 e. The molecule has 0 aromatic heterocycles. The smallest absolute Gasteiger partial charge is 0.151 e. The molecular formula is C22H27NO6S. The first-order valence-electron chi connectivity index (χ1n) is 9.82. The number of methoxy groups -OCH3 is 1. The molecule has 1 heterocycles. The van der Waals surface area contributed by atoms with Gasteiger partial charge in [0.2, 0.25) is 0 Å². The second-order valence-electron chi connectivity index (χ2n) is 7.49. The van der Waals surface area contributed by atoms with Gasteiger partial charge in [-0.15, -0.1) is 0 Å². The van der Waals surface area contributed by atoms with Crippen LogP contribution < -0.4 is 9.47 Å². The average Bonchev–Trinajstić information content (AvgIpc) is 3.12. The first kappa shape index (κ1) is 22.3. The van der Waals surface area contributed by atoms with Crippen LogP contribution >= 0.6 is 0 Å². The molecule has 7 nitrogen and oxygen atoms in total. The van der Waals surface area contributed by atoms with Crippen molar-refractivity contribution in [3.8, 4) is 11.5 Å². The molecule has 1 fully saturated rings. The van der Waals surface area contributed by atoms with Crippen molar-refractivity contribution < 1.29 is 27.8 Å². The lowest BCUT2D eigenvalue weighted by Gasteiger charge is -2.30. The number of benzene rings is 2. The molecule has 1 N–H and O–H groups in total. The molecule has 0 saturated carbocycles. The third kappa shape index (κ3) is 6.29. The number of hydrogen-bond donors (Lipinski definition) is 1. The van der Waals surface area contributed by atoms with Crippen molar-refractivity contribution in [2.75, 3.05) is 31.8 Å². The highest BCUT2D eigenvalue weighted by atomic mass is 32.2. The van der Waals surface area contributed by atoms with Gasteiger partial charge in [-0.2, -0.15) is 0 Å². The van der Waals surface area contributed by atoms with E-state index in [9.17, 15) is 18.3 Å². The molecule has 162 valence electrons.